The van der Waals surface area contributed by atoms with Crippen molar-refractivity contribution >= 4 is 5.91 Å². The van der Waals surface area contributed by atoms with Gasteiger partial charge in [0.05, 0.1) is 0 Å². The Balaban J connectivity index is 3.11. The van der Waals surface area contributed by atoms with Crippen LogP contribution >= 0.6 is 0 Å². The van der Waals surface area contributed by atoms with E-state index in [9.17, 15) is 4.79 Å². The van der Waals surface area contributed by atoms with E-state index in [1.165, 1.54) is 25.7 Å². The number of nitrogens with one attached hydrogen (secondary N) is 1. The van der Waals surface area contributed by atoms with Crippen molar-refractivity contribution in [1.29, 1.82) is 0 Å². The molecule has 0 aromatic rings. The highest BCUT2D eigenvalue weighted by Crippen LogP contribution is 2.01. The molecule has 0 bridgehead atoms. The zero-order chi connectivity index (χ0) is 10.6. The summed E-state index contributed by atoms with van der Waals surface area (Å²) in [4.78, 5) is 11.1. The summed E-state index contributed by atoms with van der Waals surface area (Å²) in [5.41, 5.74) is 0. The van der Waals surface area contributed by atoms with Crippen molar-refractivity contribution in [1.82, 2.24) is 5.32 Å². The van der Waals surface area contributed by atoms with Gasteiger partial charge >= 0.3 is 0 Å². The maximum atomic E-state index is 11.1. The number of rotatable bonds is 8. The summed E-state index contributed by atoms with van der Waals surface area (Å²) in [5, 5.41) is 2.86. The number of terminal acetylenes is 1. The van der Waals surface area contributed by atoms with E-state index in [2.05, 4.69) is 18.2 Å². The van der Waals surface area contributed by atoms with Gasteiger partial charge in [-0.2, -0.15) is 0 Å². The Morgan fingerprint density at radius 1 is 1.29 bits per heavy atom. The Morgan fingerprint density at radius 2 is 2.00 bits per heavy atom. The van der Waals surface area contributed by atoms with Gasteiger partial charge in [-0.15, -0.1) is 12.3 Å². The molecule has 0 rings (SSSR count). The molecule has 2 nitrogen and oxygen atoms in total. The van der Waals surface area contributed by atoms with Gasteiger partial charge in [0.2, 0.25) is 5.91 Å². The Bertz CT molecular complexity index is 181. The number of hydrogen-bond acceptors (Lipinski definition) is 1. The fourth-order valence-electron chi connectivity index (χ4n) is 1.23. The minimum absolute atomic E-state index is 0.0819. The zero-order valence-corrected chi connectivity index (χ0v) is 9.14. The second kappa shape index (κ2) is 10.1. The number of hydrogen-bond donors (Lipinski definition) is 1. The molecule has 1 amide bonds. The third-order valence-electron chi connectivity index (χ3n) is 2.10. The first-order valence-electron chi connectivity index (χ1n) is 5.51. The summed E-state index contributed by atoms with van der Waals surface area (Å²) in [6, 6.07) is 0. The van der Waals surface area contributed by atoms with Gasteiger partial charge in [0, 0.05) is 19.4 Å². The predicted octanol–water partition coefficient (Wildman–Crippen LogP) is 2.49. The Kier molecular flexibility index (Phi) is 9.41. The van der Waals surface area contributed by atoms with Crippen molar-refractivity contribution in [3.63, 3.8) is 0 Å². The monoisotopic (exact) mass is 195 g/mol. The summed E-state index contributed by atoms with van der Waals surface area (Å²) in [6.45, 7) is 2.99. The average molecular weight is 195 g/mol. The molecule has 1 N–H and O–H groups in total. The van der Waals surface area contributed by atoms with Crippen molar-refractivity contribution < 1.29 is 4.79 Å². The lowest BCUT2D eigenvalue weighted by atomic mass is 10.1. The fourth-order valence-corrected chi connectivity index (χ4v) is 1.23. The quantitative estimate of drug-likeness (QED) is 0.468. The van der Waals surface area contributed by atoms with E-state index in [1.807, 2.05) is 0 Å². The number of unbranched alkanes of at least 4 members (excludes halogenated alkanes) is 4. The lowest BCUT2D eigenvalue weighted by molar-refractivity contribution is -0.120. The lowest BCUT2D eigenvalue weighted by Crippen LogP contribution is -2.23. The van der Waals surface area contributed by atoms with Gasteiger partial charge in [-0.25, -0.2) is 0 Å². The highest BCUT2D eigenvalue weighted by molar-refractivity contribution is 5.76. The first kappa shape index (κ1) is 13.0. The summed E-state index contributed by atoms with van der Waals surface area (Å²) in [7, 11) is 0. The molecule has 0 heterocycles. The van der Waals surface area contributed by atoms with Crippen LogP contribution in [-0.2, 0) is 4.79 Å². The Labute approximate surface area is 87.5 Å². The van der Waals surface area contributed by atoms with Crippen LogP contribution in [0.5, 0.6) is 0 Å². The molecule has 2 heteroatoms. The molecule has 0 saturated heterocycles. The molecule has 80 valence electrons. The second-order valence-corrected chi connectivity index (χ2v) is 3.47. The molecule has 0 saturated carbocycles. The zero-order valence-electron chi connectivity index (χ0n) is 9.14. The van der Waals surface area contributed by atoms with Crippen molar-refractivity contribution in [2.45, 2.75) is 51.9 Å². The topological polar surface area (TPSA) is 29.1 Å². The van der Waals surface area contributed by atoms with Gasteiger partial charge in [-0.3, -0.25) is 4.79 Å². The van der Waals surface area contributed by atoms with Gasteiger partial charge < -0.3 is 5.32 Å². The minimum Gasteiger partial charge on any atom is -0.356 e. The number of carbonyl (C=O) groups is 1. The van der Waals surface area contributed by atoms with E-state index < -0.39 is 0 Å². The van der Waals surface area contributed by atoms with Crippen molar-refractivity contribution in [2.24, 2.45) is 0 Å². The summed E-state index contributed by atoms with van der Waals surface area (Å²) in [6.07, 6.45) is 12.2. The molecule has 0 unspecified atom stereocenters. The third kappa shape index (κ3) is 9.12. The van der Waals surface area contributed by atoms with Crippen molar-refractivity contribution in [3.8, 4) is 12.3 Å². The van der Waals surface area contributed by atoms with Crippen LogP contribution in [-0.4, -0.2) is 12.5 Å². The second-order valence-electron chi connectivity index (χ2n) is 3.47. The smallest absolute Gasteiger partial charge is 0.220 e. The molecule has 0 aliphatic heterocycles. The fraction of sp³-hybridized carbons (Fsp3) is 0.750. The van der Waals surface area contributed by atoms with E-state index in [0.717, 1.165) is 13.0 Å². The molecule has 0 aliphatic rings. The molecular formula is C12H21NO. The van der Waals surface area contributed by atoms with E-state index in [0.29, 0.717) is 12.8 Å². The minimum atomic E-state index is 0.0819. The molecule has 0 aromatic heterocycles. The van der Waals surface area contributed by atoms with Crippen molar-refractivity contribution in [2.75, 3.05) is 6.54 Å². The standard InChI is InChI=1S/C12H21NO/c1-3-5-7-8-9-11-13-12(14)10-6-4-2/h2H,3,5-11H2,1H3,(H,13,14). The lowest BCUT2D eigenvalue weighted by Gasteiger charge is -2.03. The van der Waals surface area contributed by atoms with Crippen molar-refractivity contribution in [3.05, 3.63) is 0 Å². The number of amides is 1. The molecule has 0 fully saturated rings. The van der Waals surface area contributed by atoms with Gasteiger partial charge in [0.25, 0.3) is 0 Å². The van der Waals surface area contributed by atoms with Crippen LogP contribution in [0.3, 0.4) is 0 Å². The van der Waals surface area contributed by atoms with E-state index in [1.54, 1.807) is 0 Å². The summed E-state index contributed by atoms with van der Waals surface area (Å²) < 4.78 is 0. The molecule has 0 aliphatic carbocycles. The van der Waals surface area contributed by atoms with Crippen LogP contribution in [0.1, 0.15) is 51.9 Å². The Hall–Kier alpha value is -0.970. The van der Waals surface area contributed by atoms with E-state index >= 15 is 0 Å². The Morgan fingerprint density at radius 3 is 2.64 bits per heavy atom. The first-order valence-corrected chi connectivity index (χ1v) is 5.51. The van der Waals surface area contributed by atoms with Gasteiger partial charge in [-0.1, -0.05) is 32.6 Å². The van der Waals surface area contributed by atoms with E-state index in [-0.39, 0.29) is 5.91 Å². The first-order chi connectivity index (χ1) is 6.81. The van der Waals surface area contributed by atoms with Crippen LogP contribution in [0.4, 0.5) is 0 Å². The van der Waals surface area contributed by atoms with E-state index in [4.69, 9.17) is 6.42 Å². The molecular weight excluding hydrogens is 174 g/mol. The van der Waals surface area contributed by atoms with Gasteiger partial charge in [0.15, 0.2) is 0 Å². The normalized spacial score (nSPS) is 9.43. The molecule has 14 heavy (non-hydrogen) atoms. The van der Waals surface area contributed by atoms with Crippen LogP contribution in [0.15, 0.2) is 0 Å². The molecule has 0 atom stereocenters. The van der Waals surface area contributed by atoms with Gasteiger partial charge in [0.1, 0.15) is 0 Å². The SMILES string of the molecule is C#CCCC(=O)NCCCCCCC. The predicted molar refractivity (Wildman–Crippen MR) is 59.8 cm³/mol. The molecule has 0 spiro atoms. The maximum absolute atomic E-state index is 11.1. The summed E-state index contributed by atoms with van der Waals surface area (Å²) >= 11 is 0. The largest absolute Gasteiger partial charge is 0.356 e. The molecule has 0 radical (unpaired) electrons. The summed E-state index contributed by atoms with van der Waals surface area (Å²) in [5.74, 6) is 2.54. The molecule has 0 aromatic carbocycles. The van der Waals surface area contributed by atoms with Crippen LogP contribution in [0.25, 0.3) is 0 Å². The highest BCUT2D eigenvalue weighted by Gasteiger charge is 1.97. The maximum Gasteiger partial charge on any atom is 0.220 e. The van der Waals surface area contributed by atoms with Crippen LogP contribution < -0.4 is 5.32 Å². The van der Waals surface area contributed by atoms with Gasteiger partial charge in [-0.05, 0) is 6.42 Å². The average Bonchev–Trinajstić information content (AvgIpc) is 2.20. The van der Waals surface area contributed by atoms with Crippen LogP contribution in [0, 0.1) is 12.3 Å². The third-order valence-corrected chi connectivity index (χ3v) is 2.10. The highest BCUT2D eigenvalue weighted by atomic mass is 16.1. The number of carbonyl (C=O) groups excluding carboxylic acids is 1. The van der Waals surface area contributed by atoms with Crippen LogP contribution in [0.2, 0.25) is 0 Å².